The lowest BCUT2D eigenvalue weighted by molar-refractivity contribution is -0.115. The molecule has 0 unspecified atom stereocenters. The highest BCUT2D eigenvalue weighted by atomic mass is 16.1. The summed E-state index contributed by atoms with van der Waals surface area (Å²) in [6.45, 7) is 1.77. The van der Waals surface area contributed by atoms with Crippen LogP contribution in [0.15, 0.2) is 30.7 Å². The van der Waals surface area contributed by atoms with E-state index in [-0.39, 0.29) is 12.3 Å². The Morgan fingerprint density at radius 2 is 2.19 bits per heavy atom. The topological polar surface area (TPSA) is 70.7 Å². The number of carbonyl (C=O) groups is 1. The predicted molar refractivity (Wildman–Crippen MR) is 61.0 cm³/mol. The summed E-state index contributed by atoms with van der Waals surface area (Å²) >= 11 is 0. The van der Waals surface area contributed by atoms with Crippen LogP contribution in [-0.2, 0) is 4.79 Å². The van der Waals surface area contributed by atoms with Crippen molar-refractivity contribution in [1.82, 2.24) is 15.0 Å². The standard InChI is InChI=1S/C11H12N4O/c1-8(16)5-13-11-14-6-9(7-15-11)10-3-2-4-12-10/h2-4,6-7,12H,5H2,1H3,(H,13,14,15). The van der Waals surface area contributed by atoms with Crippen molar-refractivity contribution in [2.45, 2.75) is 6.92 Å². The number of carbonyl (C=O) groups excluding carboxylic acids is 1. The molecular formula is C11H12N4O. The summed E-state index contributed by atoms with van der Waals surface area (Å²) in [7, 11) is 0. The Balaban J connectivity index is 2.08. The molecule has 0 aromatic carbocycles. The van der Waals surface area contributed by atoms with Gasteiger partial charge in [0.15, 0.2) is 0 Å². The maximum Gasteiger partial charge on any atom is 0.222 e. The zero-order valence-corrected chi connectivity index (χ0v) is 8.90. The Morgan fingerprint density at radius 1 is 1.44 bits per heavy atom. The molecular weight excluding hydrogens is 204 g/mol. The zero-order valence-electron chi connectivity index (χ0n) is 8.90. The lowest BCUT2D eigenvalue weighted by Gasteiger charge is -2.02. The molecule has 0 aliphatic heterocycles. The van der Waals surface area contributed by atoms with E-state index in [9.17, 15) is 4.79 Å². The van der Waals surface area contributed by atoms with Gasteiger partial charge in [-0.15, -0.1) is 0 Å². The Bertz CT molecular complexity index is 461. The largest absolute Gasteiger partial charge is 0.361 e. The molecule has 5 nitrogen and oxygen atoms in total. The van der Waals surface area contributed by atoms with E-state index in [2.05, 4.69) is 20.3 Å². The van der Waals surface area contributed by atoms with Gasteiger partial charge in [-0.25, -0.2) is 9.97 Å². The van der Waals surface area contributed by atoms with Crippen LogP contribution in [0.3, 0.4) is 0 Å². The first-order valence-electron chi connectivity index (χ1n) is 4.95. The molecule has 5 heteroatoms. The number of rotatable bonds is 4. The van der Waals surface area contributed by atoms with Crippen LogP contribution in [-0.4, -0.2) is 27.3 Å². The molecule has 0 spiro atoms. The summed E-state index contributed by atoms with van der Waals surface area (Å²) in [6.07, 6.45) is 5.26. The number of H-pyrrole nitrogens is 1. The highest BCUT2D eigenvalue weighted by Gasteiger charge is 2.01. The summed E-state index contributed by atoms with van der Waals surface area (Å²) in [5.41, 5.74) is 1.89. The quantitative estimate of drug-likeness (QED) is 0.812. The van der Waals surface area contributed by atoms with Crippen LogP contribution in [0.1, 0.15) is 6.92 Å². The molecule has 82 valence electrons. The summed E-state index contributed by atoms with van der Waals surface area (Å²) < 4.78 is 0. The summed E-state index contributed by atoms with van der Waals surface area (Å²) in [6, 6.07) is 3.86. The number of aromatic nitrogens is 3. The molecule has 2 rings (SSSR count). The van der Waals surface area contributed by atoms with Gasteiger partial charge >= 0.3 is 0 Å². The van der Waals surface area contributed by atoms with Crippen LogP contribution >= 0.6 is 0 Å². The second-order valence-corrected chi connectivity index (χ2v) is 3.43. The van der Waals surface area contributed by atoms with E-state index in [1.54, 1.807) is 12.4 Å². The van der Waals surface area contributed by atoms with E-state index in [0.717, 1.165) is 11.3 Å². The lowest BCUT2D eigenvalue weighted by Crippen LogP contribution is -2.11. The average Bonchev–Trinajstić information content (AvgIpc) is 2.80. The second kappa shape index (κ2) is 4.57. The van der Waals surface area contributed by atoms with Crippen LogP contribution in [0.25, 0.3) is 11.3 Å². The molecule has 16 heavy (non-hydrogen) atoms. The highest BCUT2D eigenvalue weighted by Crippen LogP contribution is 2.14. The number of ketones is 1. The number of nitrogens with zero attached hydrogens (tertiary/aromatic N) is 2. The number of hydrogen-bond acceptors (Lipinski definition) is 4. The second-order valence-electron chi connectivity index (χ2n) is 3.43. The van der Waals surface area contributed by atoms with Crippen molar-refractivity contribution in [3.8, 4) is 11.3 Å². The molecule has 0 fully saturated rings. The van der Waals surface area contributed by atoms with Crippen LogP contribution in [0.2, 0.25) is 0 Å². The third kappa shape index (κ3) is 2.44. The van der Waals surface area contributed by atoms with Crippen molar-refractivity contribution in [2.24, 2.45) is 0 Å². The van der Waals surface area contributed by atoms with Crippen molar-refractivity contribution in [2.75, 3.05) is 11.9 Å². The van der Waals surface area contributed by atoms with Crippen molar-refractivity contribution in [3.63, 3.8) is 0 Å². The van der Waals surface area contributed by atoms with Gasteiger partial charge in [-0.05, 0) is 19.1 Å². The van der Waals surface area contributed by atoms with E-state index < -0.39 is 0 Å². The van der Waals surface area contributed by atoms with Crippen molar-refractivity contribution in [3.05, 3.63) is 30.7 Å². The fourth-order valence-corrected chi connectivity index (χ4v) is 1.27. The number of aromatic amines is 1. The zero-order chi connectivity index (χ0) is 11.4. The van der Waals surface area contributed by atoms with Gasteiger partial charge < -0.3 is 10.3 Å². The van der Waals surface area contributed by atoms with E-state index in [0.29, 0.717) is 5.95 Å². The molecule has 0 amide bonds. The van der Waals surface area contributed by atoms with Gasteiger partial charge in [0.1, 0.15) is 5.78 Å². The monoisotopic (exact) mass is 216 g/mol. The van der Waals surface area contributed by atoms with Gasteiger partial charge in [-0.3, -0.25) is 4.79 Å². The summed E-state index contributed by atoms with van der Waals surface area (Å²) in [5, 5.41) is 2.83. The molecule has 2 heterocycles. The van der Waals surface area contributed by atoms with Crippen molar-refractivity contribution >= 4 is 11.7 Å². The summed E-state index contributed by atoms with van der Waals surface area (Å²) in [5.74, 6) is 0.516. The highest BCUT2D eigenvalue weighted by molar-refractivity contribution is 5.79. The van der Waals surface area contributed by atoms with Gasteiger partial charge in [0.25, 0.3) is 0 Å². The fraction of sp³-hybridized carbons (Fsp3) is 0.182. The number of nitrogens with one attached hydrogen (secondary N) is 2. The Labute approximate surface area is 92.9 Å². The minimum atomic E-state index is 0.0528. The first-order valence-corrected chi connectivity index (χ1v) is 4.95. The third-order valence-electron chi connectivity index (χ3n) is 2.06. The normalized spacial score (nSPS) is 10.1. The first kappa shape index (κ1) is 10.4. The van der Waals surface area contributed by atoms with Crippen molar-refractivity contribution in [1.29, 1.82) is 0 Å². The molecule has 2 aromatic heterocycles. The van der Waals surface area contributed by atoms with Gasteiger partial charge in [0.2, 0.25) is 5.95 Å². The van der Waals surface area contributed by atoms with Crippen LogP contribution < -0.4 is 5.32 Å². The maximum absolute atomic E-state index is 10.7. The SMILES string of the molecule is CC(=O)CNc1ncc(-c2ccc[nH]2)cn1. The molecule has 0 aliphatic rings. The summed E-state index contributed by atoms with van der Waals surface area (Å²) in [4.78, 5) is 22.0. The van der Waals surface area contributed by atoms with Crippen LogP contribution in [0.4, 0.5) is 5.95 Å². The lowest BCUT2D eigenvalue weighted by atomic mass is 10.2. The Kier molecular flexibility index (Phi) is 2.95. The van der Waals surface area contributed by atoms with E-state index in [1.807, 2.05) is 18.3 Å². The minimum Gasteiger partial charge on any atom is -0.361 e. The van der Waals surface area contributed by atoms with E-state index >= 15 is 0 Å². The predicted octanol–water partition coefficient (Wildman–Crippen LogP) is 1.47. The van der Waals surface area contributed by atoms with Gasteiger partial charge in [-0.1, -0.05) is 0 Å². The Morgan fingerprint density at radius 3 is 2.75 bits per heavy atom. The molecule has 0 aliphatic carbocycles. The van der Waals surface area contributed by atoms with Crippen molar-refractivity contribution < 1.29 is 4.79 Å². The molecule has 0 atom stereocenters. The number of Topliss-reactive ketones (excluding diaryl/α,β-unsaturated/α-hetero) is 1. The number of anilines is 1. The van der Waals surface area contributed by atoms with Crippen LogP contribution in [0.5, 0.6) is 0 Å². The van der Waals surface area contributed by atoms with E-state index in [1.165, 1.54) is 6.92 Å². The first-order chi connectivity index (χ1) is 7.75. The maximum atomic E-state index is 10.7. The van der Waals surface area contributed by atoms with Gasteiger partial charge in [0, 0.05) is 29.8 Å². The Hall–Kier alpha value is -2.17. The minimum absolute atomic E-state index is 0.0528. The molecule has 0 radical (unpaired) electrons. The molecule has 0 saturated carbocycles. The number of hydrogen-bond donors (Lipinski definition) is 2. The van der Waals surface area contributed by atoms with Gasteiger partial charge in [0.05, 0.1) is 6.54 Å². The molecule has 2 N–H and O–H groups in total. The third-order valence-corrected chi connectivity index (χ3v) is 2.06. The van der Waals surface area contributed by atoms with Gasteiger partial charge in [-0.2, -0.15) is 0 Å². The van der Waals surface area contributed by atoms with E-state index in [4.69, 9.17) is 0 Å². The average molecular weight is 216 g/mol. The molecule has 0 saturated heterocycles. The van der Waals surface area contributed by atoms with Crippen LogP contribution in [0, 0.1) is 0 Å². The fourth-order valence-electron chi connectivity index (χ4n) is 1.27. The smallest absolute Gasteiger partial charge is 0.222 e. The molecule has 2 aromatic rings. The molecule has 0 bridgehead atoms.